The zero-order valence-electron chi connectivity index (χ0n) is 10.3. The third-order valence-corrected chi connectivity index (χ3v) is 14.8. The average Bonchev–Trinajstić information content (AvgIpc) is 2.26. The van der Waals surface area contributed by atoms with Crippen molar-refractivity contribution < 1.29 is 9.05 Å². The molecular formula is C7H14Cl4N3O2P3. The van der Waals surface area contributed by atoms with Crippen LogP contribution in [0.5, 0.6) is 0 Å². The summed E-state index contributed by atoms with van der Waals surface area (Å²) in [7, 11) is 0. The van der Waals surface area contributed by atoms with Crippen molar-refractivity contribution in [2.45, 2.75) is 26.7 Å². The molecule has 0 amide bonds. The van der Waals surface area contributed by atoms with Gasteiger partial charge in [0, 0.05) is 5.41 Å². The minimum Gasteiger partial charge on any atom is -0.315 e. The van der Waals surface area contributed by atoms with Gasteiger partial charge < -0.3 is 9.05 Å². The highest BCUT2D eigenvalue weighted by molar-refractivity contribution is 8.16. The van der Waals surface area contributed by atoms with Gasteiger partial charge in [0.2, 0.25) is 0 Å². The molecule has 2 bridgehead atoms. The number of fused-ring (bicyclic) bond motifs is 1. The molecule has 0 saturated heterocycles. The molecule has 2 aliphatic heterocycles. The van der Waals surface area contributed by atoms with Crippen molar-refractivity contribution >= 4 is 64.4 Å². The van der Waals surface area contributed by atoms with E-state index >= 15 is 0 Å². The van der Waals surface area contributed by atoms with Gasteiger partial charge >= 0.3 is 13.6 Å². The zero-order valence-corrected chi connectivity index (χ0v) is 16.0. The second-order valence-corrected chi connectivity index (χ2v) is 15.9. The van der Waals surface area contributed by atoms with Crippen molar-refractivity contribution in [1.82, 2.24) is 0 Å². The van der Waals surface area contributed by atoms with Crippen LogP contribution in [0, 0.1) is 5.41 Å². The fourth-order valence-corrected chi connectivity index (χ4v) is 16.6. The van der Waals surface area contributed by atoms with Crippen LogP contribution < -0.4 is 0 Å². The van der Waals surface area contributed by atoms with Gasteiger partial charge in [0.15, 0.2) is 0 Å². The quantitative estimate of drug-likeness (QED) is 0.442. The second kappa shape index (κ2) is 5.76. The Balaban J connectivity index is 2.49. The lowest BCUT2D eigenvalue weighted by Gasteiger charge is -2.36. The summed E-state index contributed by atoms with van der Waals surface area (Å²) in [6.07, 6.45) is 1.75. The predicted molar refractivity (Wildman–Crippen MR) is 86.4 cm³/mol. The first kappa shape index (κ1) is 17.1. The normalized spacial score (nSPS) is 40.1. The number of rotatable bonds is 2. The molecule has 0 aliphatic carbocycles. The molecule has 12 heteroatoms. The minimum atomic E-state index is -2.97. The van der Waals surface area contributed by atoms with Crippen molar-refractivity contribution in [3.8, 4) is 0 Å². The van der Waals surface area contributed by atoms with E-state index in [4.69, 9.17) is 54.0 Å². The van der Waals surface area contributed by atoms with Crippen LogP contribution in [-0.4, -0.2) is 13.2 Å². The van der Waals surface area contributed by atoms with E-state index in [0.717, 1.165) is 12.8 Å². The van der Waals surface area contributed by atoms with E-state index < -0.39 is 19.5 Å². The molecule has 2 aliphatic rings. The Bertz CT molecular complexity index is 526. The molecular weight excluding hydrogens is 393 g/mol. The molecule has 0 fully saturated rings. The van der Waals surface area contributed by atoms with Crippen LogP contribution >= 0.6 is 64.4 Å². The van der Waals surface area contributed by atoms with Gasteiger partial charge in [-0.25, -0.2) is 0 Å². The molecule has 2 rings (SSSR count). The largest absolute Gasteiger partial charge is 0.315 e. The molecule has 0 aromatic heterocycles. The number of halogens is 4. The lowest BCUT2D eigenvalue weighted by molar-refractivity contribution is 0.0799. The van der Waals surface area contributed by atoms with Crippen molar-refractivity contribution in [2.24, 2.45) is 19.0 Å². The van der Waals surface area contributed by atoms with E-state index in [9.17, 15) is 0 Å². The van der Waals surface area contributed by atoms with Gasteiger partial charge in [-0.2, -0.15) is 13.5 Å². The van der Waals surface area contributed by atoms with Crippen molar-refractivity contribution in [1.29, 1.82) is 0 Å². The van der Waals surface area contributed by atoms with Crippen LogP contribution in [0.2, 0.25) is 0 Å². The Morgan fingerprint density at radius 2 is 1.37 bits per heavy atom. The van der Waals surface area contributed by atoms with Gasteiger partial charge in [0.25, 0.3) is 5.91 Å². The standard InChI is InChI=1S/C7H14Cl4N3O2P3/c1-3-7(4-2)5-15-18(10)12-17(8,9)13-19(11,14-18)16-6-7/h3-6H2,1-2H3. The molecule has 2 unspecified atom stereocenters. The topological polar surface area (TPSA) is 55.5 Å². The molecule has 2 heterocycles. The molecule has 0 N–H and O–H groups in total. The molecule has 0 spiro atoms. The van der Waals surface area contributed by atoms with Crippen LogP contribution in [0.15, 0.2) is 13.5 Å². The first-order valence-electron chi connectivity index (χ1n) is 5.65. The van der Waals surface area contributed by atoms with Crippen molar-refractivity contribution in [3.63, 3.8) is 0 Å². The highest BCUT2D eigenvalue weighted by atomic mass is 35.9. The Kier molecular flexibility index (Phi) is 5.19. The smallest absolute Gasteiger partial charge is 0.300 e. The van der Waals surface area contributed by atoms with Gasteiger partial charge in [0.05, 0.1) is 13.2 Å². The third kappa shape index (κ3) is 3.95. The molecule has 0 radical (unpaired) electrons. The maximum atomic E-state index is 6.32. The highest BCUT2D eigenvalue weighted by Crippen LogP contribution is 2.86. The second-order valence-electron chi connectivity index (χ2n) is 4.42. The van der Waals surface area contributed by atoms with Crippen LogP contribution in [0.25, 0.3) is 0 Å². The lowest BCUT2D eigenvalue weighted by Crippen LogP contribution is -2.30. The summed E-state index contributed by atoms with van der Waals surface area (Å²) in [4.78, 5) is 0. The number of nitrogens with zero attached hydrogens (tertiary/aromatic N) is 3. The van der Waals surface area contributed by atoms with Crippen LogP contribution in [-0.2, 0) is 9.05 Å². The van der Waals surface area contributed by atoms with E-state index in [1.165, 1.54) is 0 Å². The van der Waals surface area contributed by atoms with Gasteiger partial charge in [-0.1, -0.05) is 13.8 Å². The molecule has 2 atom stereocenters. The fraction of sp³-hybridized carbons (Fsp3) is 1.00. The van der Waals surface area contributed by atoms with Gasteiger partial charge in [0.1, 0.15) is 0 Å². The first-order valence-corrected chi connectivity index (χ1v) is 14.2. The number of hydrogen-bond donors (Lipinski definition) is 0. The minimum absolute atomic E-state index is 0.154. The van der Waals surface area contributed by atoms with Gasteiger partial charge in [-0.15, -0.1) is 0 Å². The fourth-order valence-electron chi connectivity index (χ4n) is 1.70. The summed E-state index contributed by atoms with van der Waals surface area (Å²) >= 11 is 24.7. The Labute approximate surface area is 132 Å². The van der Waals surface area contributed by atoms with E-state index in [1.54, 1.807) is 0 Å². The average molecular weight is 407 g/mol. The molecule has 5 nitrogen and oxygen atoms in total. The molecule has 0 aromatic carbocycles. The predicted octanol–water partition coefficient (Wildman–Crippen LogP) is 7.65. The lowest BCUT2D eigenvalue weighted by atomic mass is 9.84. The van der Waals surface area contributed by atoms with E-state index in [2.05, 4.69) is 27.4 Å². The molecule has 0 saturated carbocycles. The van der Waals surface area contributed by atoms with Crippen molar-refractivity contribution in [2.75, 3.05) is 13.2 Å². The Morgan fingerprint density at radius 3 is 1.84 bits per heavy atom. The van der Waals surface area contributed by atoms with Crippen molar-refractivity contribution in [3.05, 3.63) is 0 Å². The van der Waals surface area contributed by atoms with Crippen LogP contribution in [0.4, 0.5) is 0 Å². The maximum absolute atomic E-state index is 6.32. The van der Waals surface area contributed by atoms with Gasteiger partial charge in [-0.3, -0.25) is 0 Å². The van der Waals surface area contributed by atoms with E-state index in [-0.39, 0.29) is 5.41 Å². The summed E-state index contributed by atoms with van der Waals surface area (Å²) < 4.78 is 23.8. The van der Waals surface area contributed by atoms with Gasteiger partial charge in [-0.05, 0) is 57.8 Å². The zero-order chi connectivity index (χ0) is 14.4. The molecule has 19 heavy (non-hydrogen) atoms. The summed E-state index contributed by atoms with van der Waals surface area (Å²) in [6.45, 7) is -1.01. The third-order valence-electron chi connectivity index (χ3n) is 3.23. The van der Waals surface area contributed by atoms with Crippen LogP contribution in [0.3, 0.4) is 0 Å². The summed E-state index contributed by atoms with van der Waals surface area (Å²) in [5.41, 5.74) is -0.154. The van der Waals surface area contributed by atoms with E-state index in [0.29, 0.717) is 13.2 Å². The highest BCUT2D eigenvalue weighted by Gasteiger charge is 2.41. The SMILES string of the molecule is CCC1(CC)COP2(Cl)=NP(Cl)(Cl)=NP(Cl)(=N2)OC1. The molecule has 0 aromatic rings. The summed E-state index contributed by atoms with van der Waals surface area (Å²) in [6, 6.07) is 0. The van der Waals surface area contributed by atoms with Crippen LogP contribution in [0.1, 0.15) is 26.7 Å². The Hall–Kier alpha value is 1.77. The Morgan fingerprint density at radius 1 is 0.895 bits per heavy atom. The maximum Gasteiger partial charge on any atom is 0.300 e. The number of hydrogen-bond acceptors (Lipinski definition) is 5. The summed E-state index contributed by atoms with van der Waals surface area (Å²) in [5.74, 6) is -2.97. The monoisotopic (exact) mass is 405 g/mol. The summed E-state index contributed by atoms with van der Waals surface area (Å²) in [5, 5.41) is 0. The molecule has 112 valence electrons. The van der Waals surface area contributed by atoms with E-state index in [1.807, 2.05) is 0 Å². The first-order chi connectivity index (χ1) is 8.66.